The van der Waals surface area contributed by atoms with E-state index < -0.39 is 0 Å². The number of carbonyl (C=O) groups excluding carboxylic acids is 1. The summed E-state index contributed by atoms with van der Waals surface area (Å²) >= 11 is 3.35. The Labute approximate surface area is 146 Å². The molecule has 0 bridgehead atoms. The maximum atomic E-state index is 11.9. The number of nitrogens with zero attached hydrogens (tertiary/aromatic N) is 1. The monoisotopic (exact) mass is 384 g/mol. The molecule has 0 aliphatic rings. The van der Waals surface area contributed by atoms with Crippen molar-refractivity contribution < 1.29 is 9.53 Å². The summed E-state index contributed by atoms with van der Waals surface area (Å²) in [6.45, 7) is 2.90. The average molecular weight is 385 g/mol. The van der Waals surface area contributed by atoms with E-state index in [0.29, 0.717) is 12.1 Å². The van der Waals surface area contributed by atoms with Crippen molar-refractivity contribution in [1.29, 1.82) is 0 Å². The van der Waals surface area contributed by atoms with Crippen LogP contribution in [0.4, 0.5) is 0 Å². The summed E-state index contributed by atoms with van der Waals surface area (Å²) < 4.78 is 5.95. The van der Waals surface area contributed by atoms with Gasteiger partial charge in [-0.25, -0.2) is 0 Å². The van der Waals surface area contributed by atoms with E-state index in [2.05, 4.69) is 36.9 Å². The topological polar surface area (TPSA) is 74.8 Å². The van der Waals surface area contributed by atoms with Crippen molar-refractivity contribution in [2.24, 2.45) is 4.99 Å². The quantitative estimate of drug-likeness (QED) is 0.344. The fourth-order valence-corrected chi connectivity index (χ4v) is 2.11. The number of benzene rings is 1. The molecule has 0 spiro atoms. The standard InChI is InChI=1S/C16H25BrN4O2/c1-18-16(21-11-4-12-23-2)20-10-3-9-19-15(22)13-5-7-14(17)8-6-13/h5-8H,3-4,9-12H2,1-2H3,(H,19,22)(H2,18,20,21). The zero-order valence-electron chi connectivity index (χ0n) is 13.7. The Kier molecular flexibility index (Phi) is 10.1. The van der Waals surface area contributed by atoms with Crippen molar-refractivity contribution >= 4 is 27.8 Å². The van der Waals surface area contributed by atoms with Gasteiger partial charge in [-0.15, -0.1) is 0 Å². The molecular weight excluding hydrogens is 360 g/mol. The van der Waals surface area contributed by atoms with Crippen molar-refractivity contribution in [3.63, 3.8) is 0 Å². The van der Waals surface area contributed by atoms with E-state index in [9.17, 15) is 4.79 Å². The molecule has 23 heavy (non-hydrogen) atoms. The van der Waals surface area contributed by atoms with Gasteiger partial charge in [0.15, 0.2) is 5.96 Å². The number of nitrogens with one attached hydrogen (secondary N) is 3. The number of aliphatic imine (C=N–C) groups is 1. The molecule has 7 heteroatoms. The lowest BCUT2D eigenvalue weighted by Crippen LogP contribution is -2.39. The Morgan fingerprint density at radius 2 is 1.70 bits per heavy atom. The van der Waals surface area contributed by atoms with Crippen LogP contribution in [-0.2, 0) is 4.74 Å². The summed E-state index contributed by atoms with van der Waals surface area (Å²) in [7, 11) is 3.43. The van der Waals surface area contributed by atoms with Crippen molar-refractivity contribution in [3.05, 3.63) is 34.3 Å². The zero-order valence-corrected chi connectivity index (χ0v) is 15.3. The lowest BCUT2D eigenvalue weighted by Gasteiger charge is -2.12. The van der Waals surface area contributed by atoms with Crippen LogP contribution in [0.15, 0.2) is 33.7 Å². The Hall–Kier alpha value is -1.60. The van der Waals surface area contributed by atoms with Gasteiger partial charge in [0.25, 0.3) is 5.91 Å². The van der Waals surface area contributed by atoms with Gasteiger partial charge in [0, 0.05) is 50.4 Å². The largest absolute Gasteiger partial charge is 0.385 e. The molecule has 0 aromatic heterocycles. The van der Waals surface area contributed by atoms with E-state index >= 15 is 0 Å². The molecule has 1 rings (SSSR count). The molecule has 0 radical (unpaired) electrons. The second-order valence-electron chi connectivity index (χ2n) is 4.89. The van der Waals surface area contributed by atoms with E-state index in [1.165, 1.54) is 0 Å². The zero-order chi connectivity index (χ0) is 16.9. The third-order valence-corrected chi connectivity index (χ3v) is 3.61. The first-order chi connectivity index (χ1) is 11.2. The highest BCUT2D eigenvalue weighted by Crippen LogP contribution is 2.10. The van der Waals surface area contributed by atoms with Crippen LogP contribution in [-0.4, -0.2) is 52.3 Å². The number of amides is 1. The predicted octanol–water partition coefficient (Wildman–Crippen LogP) is 1.77. The molecule has 6 nitrogen and oxygen atoms in total. The molecule has 1 aromatic rings. The number of methoxy groups -OCH3 is 1. The van der Waals surface area contributed by atoms with Gasteiger partial charge in [-0.3, -0.25) is 9.79 Å². The molecule has 1 aromatic carbocycles. The third-order valence-electron chi connectivity index (χ3n) is 3.08. The second-order valence-corrected chi connectivity index (χ2v) is 5.80. The minimum Gasteiger partial charge on any atom is -0.385 e. The fraction of sp³-hybridized carbons (Fsp3) is 0.500. The summed E-state index contributed by atoms with van der Waals surface area (Å²) in [6, 6.07) is 7.30. The summed E-state index contributed by atoms with van der Waals surface area (Å²) in [5.74, 6) is 0.708. The van der Waals surface area contributed by atoms with Crippen LogP contribution in [0.3, 0.4) is 0 Å². The molecule has 3 N–H and O–H groups in total. The van der Waals surface area contributed by atoms with Crippen LogP contribution in [0.2, 0.25) is 0 Å². The minimum atomic E-state index is -0.0560. The van der Waals surface area contributed by atoms with Gasteiger partial charge in [-0.2, -0.15) is 0 Å². The van der Waals surface area contributed by atoms with E-state index in [1.54, 1.807) is 26.3 Å². The van der Waals surface area contributed by atoms with Crippen LogP contribution in [0.25, 0.3) is 0 Å². The number of ether oxygens (including phenoxy) is 1. The first kappa shape index (κ1) is 19.4. The van der Waals surface area contributed by atoms with Gasteiger partial charge in [-0.1, -0.05) is 15.9 Å². The van der Waals surface area contributed by atoms with Crippen molar-refractivity contribution in [2.45, 2.75) is 12.8 Å². The first-order valence-electron chi connectivity index (χ1n) is 7.64. The van der Waals surface area contributed by atoms with Crippen molar-refractivity contribution in [1.82, 2.24) is 16.0 Å². The SMILES string of the molecule is CN=C(NCCCNC(=O)c1ccc(Br)cc1)NCCCOC. The molecule has 0 fully saturated rings. The van der Waals surface area contributed by atoms with Crippen LogP contribution in [0.5, 0.6) is 0 Å². The van der Waals surface area contributed by atoms with Gasteiger partial charge in [-0.05, 0) is 37.1 Å². The summed E-state index contributed by atoms with van der Waals surface area (Å²) in [5, 5.41) is 9.31. The molecule has 128 valence electrons. The molecule has 0 unspecified atom stereocenters. The van der Waals surface area contributed by atoms with Gasteiger partial charge in [0.1, 0.15) is 0 Å². The molecule has 0 atom stereocenters. The fourth-order valence-electron chi connectivity index (χ4n) is 1.84. The highest BCUT2D eigenvalue weighted by molar-refractivity contribution is 9.10. The van der Waals surface area contributed by atoms with Crippen LogP contribution < -0.4 is 16.0 Å². The minimum absolute atomic E-state index is 0.0560. The first-order valence-corrected chi connectivity index (χ1v) is 8.44. The Bertz CT molecular complexity index is 491. The van der Waals surface area contributed by atoms with Gasteiger partial charge in [0.2, 0.25) is 0 Å². The highest BCUT2D eigenvalue weighted by Gasteiger charge is 2.04. The number of guanidine groups is 1. The number of hydrogen-bond donors (Lipinski definition) is 3. The number of carbonyl (C=O) groups is 1. The van der Waals surface area contributed by atoms with Gasteiger partial charge < -0.3 is 20.7 Å². The van der Waals surface area contributed by atoms with Crippen molar-refractivity contribution in [2.75, 3.05) is 40.4 Å². The van der Waals surface area contributed by atoms with E-state index in [0.717, 1.165) is 43.0 Å². The van der Waals surface area contributed by atoms with E-state index in [-0.39, 0.29) is 5.91 Å². The molecule has 0 aliphatic carbocycles. The van der Waals surface area contributed by atoms with E-state index in [1.807, 2.05) is 12.1 Å². The Morgan fingerprint density at radius 3 is 2.30 bits per heavy atom. The highest BCUT2D eigenvalue weighted by atomic mass is 79.9. The lowest BCUT2D eigenvalue weighted by atomic mass is 10.2. The van der Waals surface area contributed by atoms with Crippen molar-refractivity contribution in [3.8, 4) is 0 Å². The van der Waals surface area contributed by atoms with Gasteiger partial charge >= 0.3 is 0 Å². The Morgan fingerprint density at radius 1 is 1.09 bits per heavy atom. The van der Waals surface area contributed by atoms with Crippen LogP contribution >= 0.6 is 15.9 Å². The smallest absolute Gasteiger partial charge is 0.251 e. The predicted molar refractivity (Wildman–Crippen MR) is 96.9 cm³/mol. The molecule has 0 heterocycles. The summed E-state index contributed by atoms with van der Waals surface area (Å²) in [6.07, 6.45) is 1.75. The van der Waals surface area contributed by atoms with Crippen LogP contribution in [0.1, 0.15) is 23.2 Å². The molecular formula is C16H25BrN4O2. The maximum absolute atomic E-state index is 11.9. The third kappa shape index (κ3) is 8.56. The Balaban J connectivity index is 2.14. The van der Waals surface area contributed by atoms with E-state index in [4.69, 9.17) is 4.74 Å². The average Bonchev–Trinajstić information content (AvgIpc) is 2.57. The van der Waals surface area contributed by atoms with Crippen LogP contribution in [0, 0.1) is 0 Å². The number of hydrogen-bond acceptors (Lipinski definition) is 3. The summed E-state index contributed by atoms with van der Waals surface area (Å²) in [5.41, 5.74) is 0.664. The number of rotatable bonds is 9. The normalized spacial score (nSPS) is 11.2. The lowest BCUT2D eigenvalue weighted by molar-refractivity contribution is 0.0953. The second kappa shape index (κ2) is 11.9. The molecule has 1 amide bonds. The summed E-state index contributed by atoms with van der Waals surface area (Å²) in [4.78, 5) is 16.1. The maximum Gasteiger partial charge on any atom is 0.251 e. The molecule has 0 aliphatic heterocycles. The molecule has 0 saturated carbocycles. The number of halogens is 1. The molecule has 0 saturated heterocycles. The van der Waals surface area contributed by atoms with Gasteiger partial charge in [0.05, 0.1) is 0 Å².